The van der Waals surface area contributed by atoms with Crippen LogP contribution in [-0.4, -0.2) is 4.98 Å². The third kappa shape index (κ3) is 2.72. The van der Waals surface area contributed by atoms with Crippen molar-refractivity contribution in [3.63, 3.8) is 0 Å². The van der Waals surface area contributed by atoms with Crippen LogP contribution in [0.25, 0.3) is 0 Å². The maximum absolute atomic E-state index is 5.81. The topological polar surface area (TPSA) is 48.1 Å². The number of ether oxygens (including phenoxy) is 1. The van der Waals surface area contributed by atoms with Crippen molar-refractivity contribution in [3.05, 3.63) is 53.3 Å². The number of aromatic nitrogens is 1. The van der Waals surface area contributed by atoms with Crippen LogP contribution in [0.4, 0.5) is 0 Å². The number of halogens is 1. The normalized spacial score (nSPS) is 10.1. The van der Waals surface area contributed by atoms with E-state index in [1.54, 1.807) is 18.5 Å². The molecule has 1 aromatic carbocycles. The van der Waals surface area contributed by atoms with Gasteiger partial charge in [0.2, 0.25) is 0 Å². The molecule has 0 saturated heterocycles. The fourth-order valence-electron chi connectivity index (χ4n) is 1.32. The Balaban J connectivity index is 2.20. The zero-order valence-electron chi connectivity index (χ0n) is 8.56. The maximum Gasteiger partial charge on any atom is 0.147 e. The lowest BCUT2D eigenvalue weighted by atomic mass is 10.2. The van der Waals surface area contributed by atoms with Gasteiger partial charge >= 0.3 is 0 Å². The summed E-state index contributed by atoms with van der Waals surface area (Å²) in [5.41, 5.74) is 6.57. The number of hydrogen-bond donors (Lipinski definition) is 1. The molecular formula is C12H11ClN2O. The van der Waals surface area contributed by atoms with Crippen molar-refractivity contribution in [2.75, 3.05) is 0 Å². The van der Waals surface area contributed by atoms with Crippen molar-refractivity contribution in [2.24, 2.45) is 5.73 Å². The molecule has 0 fully saturated rings. The summed E-state index contributed by atoms with van der Waals surface area (Å²) in [6.45, 7) is 0.491. The molecule has 3 nitrogen and oxygen atoms in total. The molecular weight excluding hydrogens is 224 g/mol. The van der Waals surface area contributed by atoms with Crippen molar-refractivity contribution >= 4 is 11.6 Å². The maximum atomic E-state index is 5.81. The fraction of sp³-hybridized carbons (Fsp3) is 0.0833. The third-order valence-electron chi connectivity index (χ3n) is 2.05. The minimum Gasteiger partial charge on any atom is -0.456 e. The zero-order chi connectivity index (χ0) is 11.4. The van der Waals surface area contributed by atoms with Crippen LogP contribution in [0, 0.1) is 0 Å². The lowest BCUT2D eigenvalue weighted by molar-refractivity contribution is 0.479. The largest absolute Gasteiger partial charge is 0.456 e. The highest BCUT2D eigenvalue weighted by Gasteiger charge is 1.99. The molecule has 1 heterocycles. The molecule has 0 aliphatic rings. The van der Waals surface area contributed by atoms with E-state index in [9.17, 15) is 0 Å². The smallest absolute Gasteiger partial charge is 0.147 e. The van der Waals surface area contributed by atoms with E-state index in [1.165, 1.54) is 0 Å². The van der Waals surface area contributed by atoms with Crippen LogP contribution >= 0.6 is 11.6 Å². The number of benzene rings is 1. The molecule has 0 unspecified atom stereocenters. The number of nitrogens with zero attached hydrogens (tertiary/aromatic N) is 1. The summed E-state index contributed by atoms with van der Waals surface area (Å²) >= 11 is 5.81. The summed E-state index contributed by atoms with van der Waals surface area (Å²) in [5.74, 6) is 1.34. The van der Waals surface area contributed by atoms with Gasteiger partial charge in [-0.05, 0) is 17.7 Å². The molecule has 82 valence electrons. The van der Waals surface area contributed by atoms with E-state index in [2.05, 4.69) is 4.98 Å². The van der Waals surface area contributed by atoms with Crippen LogP contribution < -0.4 is 10.5 Å². The second kappa shape index (κ2) is 4.96. The second-order valence-electron chi connectivity index (χ2n) is 3.29. The molecule has 0 radical (unpaired) electrons. The van der Waals surface area contributed by atoms with E-state index in [-0.39, 0.29) is 0 Å². The van der Waals surface area contributed by atoms with E-state index < -0.39 is 0 Å². The minimum absolute atomic E-state index is 0.491. The molecule has 0 bridgehead atoms. The summed E-state index contributed by atoms with van der Waals surface area (Å²) in [4.78, 5) is 3.94. The predicted octanol–water partition coefficient (Wildman–Crippen LogP) is 2.99. The van der Waals surface area contributed by atoms with E-state index in [1.807, 2.05) is 24.3 Å². The van der Waals surface area contributed by atoms with Gasteiger partial charge in [-0.2, -0.15) is 0 Å². The molecule has 2 aromatic rings. The Kier molecular flexibility index (Phi) is 3.39. The Bertz CT molecular complexity index is 488. The van der Waals surface area contributed by atoms with Crippen LogP contribution in [-0.2, 0) is 6.54 Å². The van der Waals surface area contributed by atoms with E-state index in [4.69, 9.17) is 22.1 Å². The molecule has 1 aromatic heterocycles. The summed E-state index contributed by atoms with van der Waals surface area (Å²) in [7, 11) is 0. The van der Waals surface area contributed by atoms with E-state index in [0.717, 1.165) is 11.3 Å². The molecule has 4 heteroatoms. The summed E-state index contributed by atoms with van der Waals surface area (Å²) in [5, 5.41) is 0.549. The molecule has 0 saturated carbocycles. The van der Waals surface area contributed by atoms with Gasteiger partial charge < -0.3 is 10.5 Å². The first kappa shape index (κ1) is 10.9. The monoisotopic (exact) mass is 234 g/mol. The van der Waals surface area contributed by atoms with Gasteiger partial charge in [0.05, 0.1) is 11.2 Å². The van der Waals surface area contributed by atoms with Crippen LogP contribution in [0.2, 0.25) is 5.02 Å². The summed E-state index contributed by atoms with van der Waals surface area (Å²) < 4.78 is 5.60. The molecule has 0 aliphatic carbocycles. The summed E-state index contributed by atoms with van der Waals surface area (Å²) in [6.07, 6.45) is 3.17. The molecule has 2 rings (SSSR count). The molecule has 0 atom stereocenters. The van der Waals surface area contributed by atoms with Crippen LogP contribution in [0.5, 0.6) is 11.5 Å². The van der Waals surface area contributed by atoms with Gasteiger partial charge in [-0.1, -0.05) is 23.7 Å². The lowest BCUT2D eigenvalue weighted by Gasteiger charge is -2.06. The van der Waals surface area contributed by atoms with E-state index in [0.29, 0.717) is 17.3 Å². The first-order chi connectivity index (χ1) is 7.78. The van der Waals surface area contributed by atoms with Crippen LogP contribution in [0.1, 0.15) is 5.56 Å². The Morgan fingerprint density at radius 3 is 2.81 bits per heavy atom. The lowest BCUT2D eigenvalue weighted by Crippen LogP contribution is -1.96. The minimum atomic E-state index is 0.491. The van der Waals surface area contributed by atoms with Gasteiger partial charge in [0.1, 0.15) is 11.5 Å². The number of pyridine rings is 1. The standard InChI is InChI=1S/C12H11ClN2O/c13-10-5-12(8-15-7-10)16-11-3-1-2-9(4-11)6-14/h1-5,7-8H,6,14H2. The molecule has 2 N–H and O–H groups in total. The molecule has 0 amide bonds. The van der Waals surface area contributed by atoms with Gasteiger partial charge in [-0.25, -0.2) is 0 Å². The quantitative estimate of drug-likeness (QED) is 0.888. The zero-order valence-corrected chi connectivity index (χ0v) is 9.32. The fourth-order valence-corrected chi connectivity index (χ4v) is 1.48. The predicted molar refractivity (Wildman–Crippen MR) is 63.7 cm³/mol. The highest BCUT2D eigenvalue weighted by atomic mass is 35.5. The average molecular weight is 235 g/mol. The van der Waals surface area contributed by atoms with Crippen molar-refractivity contribution < 1.29 is 4.74 Å². The van der Waals surface area contributed by atoms with Crippen molar-refractivity contribution in [3.8, 4) is 11.5 Å². The average Bonchev–Trinajstić information content (AvgIpc) is 2.29. The Labute approximate surface area is 98.8 Å². The number of rotatable bonds is 3. The van der Waals surface area contributed by atoms with Gasteiger partial charge in [-0.3, -0.25) is 4.98 Å². The van der Waals surface area contributed by atoms with Crippen LogP contribution in [0.3, 0.4) is 0 Å². The van der Waals surface area contributed by atoms with Gasteiger partial charge in [0, 0.05) is 18.8 Å². The van der Waals surface area contributed by atoms with Gasteiger partial charge in [-0.15, -0.1) is 0 Å². The summed E-state index contributed by atoms with van der Waals surface area (Å²) in [6, 6.07) is 9.31. The Morgan fingerprint density at radius 2 is 2.06 bits per heavy atom. The number of hydrogen-bond acceptors (Lipinski definition) is 3. The molecule has 0 spiro atoms. The SMILES string of the molecule is NCc1cccc(Oc2cncc(Cl)c2)c1. The van der Waals surface area contributed by atoms with Crippen molar-refractivity contribution in [1.29, 1.82) is 0 Å². The Hall–Kier alpha value is -1.58. The van der Waals surface area contributed by atoms with Crippen LogP contribution in [0.15, 0.2) is 42.7 Å². The highest BCUT2D eigenvalue weighted by Crippen LogP contribution is 2.23. The van der Waals surface area contributed by atoms with Gasteiger partial charge in [0.15, 0.2) is 0 Å². The highest BCUT2D eigenvalue weighted by molar-refractivity contribution is 6.30. The first-order valence-corrected chi connectivity index (χ1v) is 5.23. The number of nitrogens with two attached hydrogens (primary N) is 1. The van der Waals surface area contributed by atoms with Crippen molar-refractivity contribution in [2.45, 2.75) is 6.54 Å². The Morgan fingerprint density at radius 1 is 1.19 bits per heavy atom. The molecule has 0 aliphatic heterocycles. The first-order valence-electron chi connectivity index (χ1n) is 4.85. The second-order valence-corrected chi connectivity index (χ2v) is 3.73. The third-order valence-corrected chi connectivity index (χ3v) is 2.26. The van der Waals surface area contributed by atoms with Gasteiger partial charge in [0.25, 0.3) is 0 Å². The van der Waals surface area contributed by atoms with Crippen molar-refractivity contribution in [1.82, 2.24) is 4.98 Å². The van der Waals surface area contributed by atoms with E-state index >= 15 is 0 Å². The molecule has 16 heavy (non-hydrogen) atoms.